The number of thiol groups is 1. The highest BCUT2D eigenvalue weighted by Crippen LogP contribution is 2.26. The van der Waals surface area contributed by atoms with E-state index in [1.54, 1.807) is 4.90 Å². The van der Waals surface area contributed by atoms with Gasteiger partial charge in [-0.15, -0.1) is 24.2 Å². The molecule has 1 aromatic rings. The van der Waals surface area contributed by atoms with Gasteiger partial charge in [-0.25, -0.2) is 0 Å². The molecule has 0 radical (unpaired) electrons. The lowest BCUT2D eigenvalue weighted by Gasteiger charge is -2.16. The number of benzene rings is 1. The first-order chi connectivity index (χ1) is 7.20. The lowest BCUT2D eigenvalue weighted by molar-refractivity contribution is -0.117. The van der Waals surface area contributed by atoms with Crippen LogP contribution in [0, 0.1) is 5.92 Å². The fraction of sp³-hybridized carbons (Fsp3) is 0.364. The van der Waals surface area contributed by atoms with Crippen LogP contribution in [0.15, 0.2) is 29.2 Å². The first-order valence-electron chi connectivity index (χ1n) is 4.86. The van der Waals surface area contributed by atoms with E-state index < -0.39 is 0 Å². The summed E-state index contributed by atoms with van der Waals surface area (Å²) in [7, 11) is 0. The fourth-order valence-electron chi connectivity index (χ4n) is 1.77. The first kappa shape index (κ1) is 10.8. The predicted octanol–water partition coefficient (Wildman–Crippen LogP) is 2.57. The normalized spacial score (nSPS) is 21.1. The summed E-state index contributed by atoms with van der Waals surface area (Å²) < 4.78 is 0. The fourth-order valence-corrected chi connectivity index (χ4v) is 2.12. The minimum absolute atomic E-state index is 0.160. The topological polar surface area (TPSA) is 20.3 Å². The molecule has 1 aliphatic rings. The molecule has 1 amide bonds. The Balaban J connectivity index is 2.18. The van der Waals surface area contributed by atoms with E-state index >= 15 is 0 Å². The second-order valence-electron chi connectivity index (χ2n) is 3.75. The van der Waals surface area contributed by atoms with E-state index in [0.29, 0.717) is 12.3 Å². The lowest BCUT2D eigenvalue weighted by atomic mass is 10.1. The van der Waals surface area contributed by atoms with Gasteiger partial charge in [0.15, 0.2) is 0 Å². The molecule has 1 fully saturated rings. The van der Waals surface area contributed by atoms with E-state index in [0.717, 1.165) is 17.1 Å². The van der Waals surface area contributed by atoms with Crippen molar-refractivity contribution in [1.29, 1.82) is 0 Å². The average molecular weight is 242 g/mol. The van der Waals surface area contributed by atoms with Crippen LogP contribution in [-0.2, 0) is 4.79 Å². The van der Waals surface area contributed by atoms with Crippen LogP contribution in [0.3, 0.4) is 0 Å². The Morgan fingerprint density at radius 1 is 1.40 bits per heavy atom. The van der Waals surface area contributed by atoms with Crippen molar-refractivity contribution in [1.82, 2.24) is 0 Å². The largest absolute Gasteiger partial charge is 0.312 e. The number of hydrogen-bond donors (Lipinski definition) is 1. The molecule has 15 heavy (non-hydrogen) atoms. The summed E-state index contributed by atoms with van der Waals surface area (Å²) in [4.78, 5) is 14.4. The highest BCUT2D eigenvalue weighted by Gasteiger charge is 2.29. The van der Waals surface area contributed by atoms with E-state index in [-0.39, 0.29) is 11.8 Å². The van der Waals surface area contributed by atoms with Crippen molar-refractivity contribution >= 4 is 35.8 Å². The van der Waals surface area contributed by atoms with Crippen molar-refractivity contribution in [3.8, 4) is 0 Å². The van der Waals surface area contributed by atoms with E-state index in [1.807, 2.05) is 24.3 Å². The van der Waals surface area contributed by atoms with Crippen LogP contribution in [0.2, 0.25) is 0 Å². The van der Waals surface area contributed by atoms with Gasteiger partial charge in [0.2, 0.25) is 5.91 Å². The zero-order valence-corrected chi connectivity index (χ0v) is 9.84. The molecule has 1 aromatic carbocycles. The van der Waals surface area contributed by atoms with Gasteiger partial charge in [0.05, 0.1) is 0 Å². The van der Waals surface area contributed by atoms with Crippen LogP contribution in [0.1, 0.15) is 6.42 Å². The number of alkyl halides is 1. The number of hydrogen-bond acceptors (Lipinski definition) is 2. The standard InChI is InChI=1S/C11H12ClNOS/c12-6-8-5-11(14)13(7-8)9-1-3-10(15)4-2-9/h1-4,8,15H,5-7H2. The molecule has 2 rings (SSSR count). The van der Waals surface area contributed by atoms with E-state index in [1.165, 1.54) is 0 Å². The number of rotatable bonds is 2. The summed E-state index contributed by atoms with van der Waals surface area (Å²) in [5.74, 6) is 0.995. The van der Waals surface area contributed by atoms with Gasteiger partial charge in [-0.3, -0.25) is 4.79 Å². The second-order valence-corrected chi connectivity index (χ2v) is 4.57. The molecule has 80 valence electrons. The molecule has 0 saturated carbocycles. The summed E-state index contributed by atoms with van der Waals surface area (Å²) in [6.45, 7) is 0.730. The monoisotopic (exact) mass is 241 g/mol. The maximum Gasteiger partial charge on any atom is 0.227 e. The Bertz CT molecular complexity index is 365. The molecule has 4 heteroatoms. The molecule has 2 nitrogen and oxygen atoms in total. The molecule has 0 spiro atoms. The average Bonchev–Trinajstić information content (AvgIpc) is 2.61. The van der Waals surface area contributed by atoms with Gasteiger partial charge in [0.1, 0.15) is 0 Å². The van der Waals surface area contributed by atoms with Crippen molar-refractivity contribution in [2.75, 3.05) is 17.3 Å². The quantitative estimate of drug-likeness (QED) is 0.623. The Morgan fingerprint density at radius 3 is 2.60 bits per heavy atom. The van der Waals surface area contributed by atoms with Crippen molar-refractivity contribution in [3.05, 3.63) is 24.3 Å². The summed E-state index contributed by atoms with van der Waals surface area (Å²) in [6, 6.07) is 7.60. The zero-order chi connectivity index (χ0) is 10.8. The Kier molecular flexibility index (Phi) is 3.22. The van der Waals surface area contributed by atoms with E-state index in [2.05, 4.69) is 12.6 Å². The summed E-state index contributed by atoms with van der Waals surface area (Å²) in [5, 5.41) is 0. The van der Waals surface area contributed by atoms with Gasteiger partial charge in [-0.05, 0) is 30.2 Å². The third-order valence-electron chi connectivity index (χ3n) is 2.58. The maximum atomic E-state index is 11.7. The molecule has 1 unspecified atom stereocenters. The number of nitrogens with zero attached hydrogens (tertiary/aromatic N) is 1. The molecule has 0 aliphatic carbocycles. The summed E-state index contributed by atoms with van der Waals surface area (Å²) in [5.41, 5.74) is 0.936. The summed E-state index contributed by atoms with van der Waals surface area (Å²) >= 11 is 9.97. The third-order valence-corrected chi connectivity index (χ3v) is 3.32. The Labute approximate surface area is 99.6 Å². The first-order valence-corrected chi connectivity index (χ1v) is 5.84. The van der Waals surface area contributed by atoms with Gasteiger partial charge in [-0.1, -0.05) is 0 Å². The van der Waals surface area contributed by atoms with E-state index in [9.17, 15) is 4.79 Å². The Hall–Kier alpha value is -0.670. The van der Waals surface area contributed by atoms with Crippen LogP contribution < -0.4 is 4.90 Å². The molecule has 0 bridgehead atoms. The number of anilines is 1. The Morgan fingerprint density at radius 2 is 2.07 bits per heavy atom. The van der Waals surface area contributed by atoms with Gasteiger partial charge in [-0.2, -0.15) is 0 Å². The van der Waals surface area contributed by atoms with Gasteiger partial charge in [0.25, 0.3) is 0 Å². The van der Waals surface area contributed by atoms with Crippen LogP contribution >= 0.6 is 24.2 Å². The molecule has 1 saturated heterocycles. The van der Waals surface area contributed by atoms with Gasteiger partial charge < -0.3 is 4.90 Å². The van der Waals surface area contributed by atoms with Crippen molar-refractivity contribution in [2.45, 2.75) is 11.3 Å². The molecule has 1 heterocycles. The predicted molar refractivity (Wildman–Crippen MR) is 64.9 cm³/mol. The van der Waals surface area contributed by atoms with E-state index in [4.69, 9.17) is 11.6 Å². The SMILES string of the molecule is O=C1CC(CCl)CN1c1ccc(S)cc1. The molecule has 0 N–H and O–H groups in total. The minimum Gasteiger partial charge on any atom is -0.312 e. The number of carbonyl (C=O) groups is 1. The van der Waals surface area contributed by atoms with Crippen LogP contribution in [0.4, 0.5) is 5.69 Å². The van der Waals surface area contributed by atoms with Crippen molar-refractivity contribution < 1.29 is 4.79 Å². The minimum atomic E-state index is 0.160. The number of halogens is 1. The molecular weight excluding hydrogens is 230 g/mol. The smallest absolute Gasteiger partial charge is 0.227 e. The highest BCUT2D eigenvalue weighted by atomic mass is 35.5. The summed E-state index contributed by atoms with van der Waals surface area (Å²) in [6.07, 6.45) is 0.562. The number of carbonyl (C=O) groups excluding carboxylic acids is 1. The van der Waals surface area contributed by atoms with Crippen LogP contribution in [-0.4, -0.2) is 18.3 Å². The second kappa shape index (κ2) is 4.45. The molecule has 1 atom stereocenters. The zero-order valence-electron chi connectivity index (χ0n) is 8.19. The lowest BCUT2D eigenvalue weighted by Crippen LogP contribution is -2.24. The van der Waals surface area contributed by atoms with Crippen LogP contribution in [0.5, 0.6) is 0 Å². The van der Waals surface area contributed by atoms with Gasteiger partial charge in [0, 0.05) is 29.4 Å². The van der Waals surface area contributed by atoms with Crippen LogP contribution in [0.25, 0.3) is 0 Å². The molecular formula is C11H12ClNOS. The van der Waals surface area contributed by atoms with Crippen molar-refractivity contribution in [2.24, 2.45) is 5.92 Å². The maximum absolute atomic E-state index is 11.7. The highest BCUT2D eigenvalue weighted by molar-refractivity contribution is 7.80. The number of amides is 1. The molecule has 1 aliphatic heterocycles. The molecule has 0 aromatic heterocycles. The third kappa shape index (κ3) is 2.29. The van der Waals surface area contributed by atoms with Crippen molar-refractivity contribution in [3.63, 3.8) is 0 Å². The van der Waals surface area contributed by atoms with Gasteiger partial charge >= 0.3 is 0 Å².